The van der Waals surface area contributed by atoms with Crippen LogP contribution in [0.5, 0.6) is 0 Å². The fourth-order valence-corrected chi connectivity index (χ4v) is 14.6. The summed E-state index contributed by atoms with van der Waals surface area (Å²) >= 11 is 0. The van der Waals surface area contributed by atoms with Gasteiger partial charge in [0.25, 0.3) is 6.71 Å². The van der Waals surface area contributed by atoms with Gasteiger partial charge in [0, 0.05) is 67.3 Å². The largest absolute Gasteiger partial charge is 0.311 e. The molecule has 0 radical (unpaired) electrons. The number of benzene rings is 14. The van der Waals surface area contributed by atoms with Crippen molar-refractivity contribution in [3.63, 3.8) is 0 Å². The zero-order valence-corrected chi connectivity index (χ0v) is 52.1. The number of anilines is 6. The summed E-state index contributed by atoms with van der Waals surface area (Å²) in [5.74, 6) is 1.87. The molecule has 0 atom stereocenters. The molecule has 14 aromatic carbocycles. The molecule has 2 aliphatic heterocycles. The first-order chi connectivity index (χ1) is 47.0. The van der Waals surface area contributed by atoms with E-state index >= 15 is 0 Å². The summed E-state index contributed by atoms with van der Waals surface area (Å²) in [5.41, 5.74) is 29.1. The lowest BCUT2D eigenvalue weighted by molar-refractivity contribution is 1.07. The van der Waals surface area contributed by atoms with Crippen molar-refractivity contribution in [1.82, 2.24) is 19.5 Å². The number of nitrogens with zero attached hydrogens (tertiary/aromatic N) is 6. The van der Waals surface area contributed by atoms with Gasteiger partial charge in [-0.2, -0.15) is 0 Å². The zero-order valence-electron chi connectivity index (χ0n) is 52.1. The van der Waals surface area contributed by atoms with Crippen molar-refractivity contribution in [2.45, 2.75) is 6.92 Å². The molecule has 0 spiro atoms. The van der Waals surface area contributed by atoms with Gasteiger partial charge in [-0.05, 0) is 169 Å². The molecular formula is C88H59BN6. The zero-order chi connectivity index (χ0) is 62.9. The molecule has 0 amide bonds. The van der Waals surface area contributed by atoms with E-state index in [1.54, 1.807) is 0 Å². The Balaban J connectivity index is 0.879. The van der Waals surface area contributed by atoms with Gasteiger partial charge in [0.2, 0.25) is 0 Å². The molecule has 0 bridgehead atoms. The molecule has 2 aromatic heterocycles. The average molecular weight is 1210 g/mol. The molecule has 0 fully saturated rings. The first-order valence-electron chi connectivity index (χ1n) is 32.5. The summed E-state index contributed by atoms with van der Waals surface area (Å²) in [5, 5.41) is 2.32. The van der Waals surface area contributed by atoms with Crippen LogP contribution in [-0.4, -0.2) is 26.2 Å². The molecule has 6 nitrogen and oxygen atoms in total. The highest BCUT2D eigenvalue weighted by atomic mass is 15.2. The second-order valence-corrected chi connectivity index (χ2v) is 24.8. The molecule has 0 N–H and O–H groups in total. The summed E-state index contributed by atoms with van der Waals surface area (Å²) < 4.78 is 2.43. The highest BCUT2D eigenvalue weighted by molar-refractivity contribution is 7.00. The number of hydrogen-bond donors (Lipinski definition) is 0. The Hall–Kier alpha value is -12.4. The highest BCUT2D eigenvalue weighted by Gasteiger charge is 2.44. The van der Waals surface area contributed by atoms with Crippen LogP contribution in [0.4, 0.5) is 34.1 Å². The number of hydrogen-bond acceptors (Lipinski definition) is 5. The van der Waals surface area contributed by atoms with E-state index in [0.29, 0.717) is 17.5 Å². The van der Waals surface area contributed by atoms with E-state index in [9.17, 15) is 0 Å². The minimum atomic E-state index is -0.0855. The summed E-state index contributed by atoms with van der Waals surface area (Å²) in [6, 6.07) is 124. The van der Waals surface area contributed by atoms with Crippen LogP contribution in [0.1, 0.15) is 5.56 Å². The molecule has 2 aliphatic rings. The standard InChI is InChI=1S/C88H59BN6/c1-58-44-45-66(88-91-86(63-34-16-6-17-35-63)90-87(92-88)64-36-18-7-19-37-64)55-82(58)95-78-41-23-20-38-74(78)75-54-65(46-47-79(75)95)71-56-83-85-84(57-71)94(73-52-69(61-30-12-4-13-31-61)49-70(53-73)62-32-14-5-15-33-62)81-43-25-22-40-77(81)89(85)76-39-21-24-42-80(76)93(83)72-50-67(59-26-8-2-9-27-59)48-68(51-72)60-28-10-3-11-29-60/h2-57H,1H3. The van der Waals surface area contributed by atoms with Gasteiger partial charge in [0.05, 0.1) is 11.0 Å². The summed E-state index contributed by atoms with van der Waals surface area (Å²) in [7, 11) is 0. The molecule has 18 rings (SSSR count). The van der Waals surface area contributed by atoms with Crippen LogP contribution in [0.25, 0.3) is 117 Å². The summed E-state index contributed by atoms with van der Waals surface area (Å²) in [6.07, 6.45) is 0. The maximum atomic E-state index is 5.18. The third-order valence-electron chi connectivity index (χ3n) is 19.1. The van der Waals surface area contributed by atoms with Gasteiger partial charge in [-0.1, -0.05) is 255 Å². The van der Waals surface area contributed by atoms with Crippen molar-refractivity contribution >= 4 is 79.0 Å². The molecule has 0 unspecified atom stereocenters. The van der Waals surface area contributed by atoms with Crippen LogP contribution < -0.4 is 26.2 Å². The maximum absolute atomic E-state index is 5.18. The topological polar surface area (TPSA) is 50.1 Å². The lowest BCUT2D eigenvalue weighted by Gasteiger charge is -2.44. The molecule has 444 valence electrons. The van der Waals surface area contributed by atoms with Crippen LogP contribution in [-0.2, 0) is 0 Å². The Morgan fingerprint density at radius 2 is 0.600 bits per heavy atom. The lowest BCUT2D eigenvalue weighted by Crippen LogP contribution is -2.61. The quantitative estimate of drug-likeness (QED) is 0.121. The normalized spacial score (nSPS) is 12.2. The number of para-hydroxylation sites is 3. The Morgan fingerprint density at radius 1 is 0.242 bits per heavy atom. The monoisotopic (exact) mass is 1210 g/mol. The fourth-order valence-electron chi connectivity index (χ4n) is 14.6. The minimum Gasteiger partial charge on any atom is -0.311 e. The molecule has 95 heavy (non-hydrogen) atoms. The van der Waals surface area contributed by atoms with Gasteiger partial charge in [0.1, 0.15) is 0 Å². The lowest BCUT2D eigenvalue weighted by atomic mass is 9.33. The second kappa shape index (κ2) is 23.0. The highest BCUT2D eigenvalue weighted by Crippen LogP contribution is 2.49. The van der Waals surface area contributed by atoms with Crippen molar-refractivity contribution in [2.24, 2.45) is 0 Å². The summed E-state index contributed by atoms with van der Waals surface area (Å²) in [4.78, 5) is 20.5. The summed E-state index contributed by atoms with van der Waals surface area (Å²) in [6.45, 7) is 2.11. The van der Waals surface area contributed by atoms with Gasteiger partial charge in [-0.3, -0.25) is 0 Å². The molecule has 4 heterocycles. The van der Waals surface area contributed by atoms with Crippen molar-refractivity contribution < 1.29 is 0 Å². The van der Waals surface area contributed by atoms with Gasteiger partial charge in [-0.25, -0.2) is 15.0 Å². The van der Waals surface area contributed by atoms with E-state index in [0.717, 1.165) is 140 Å². The van der Waals surface area contributed by atoms with Crippen molar-refractivity contribution in [3.8, 4) is 95.5 Å². The van der Waals surface area contributed by atoms with E-state index in [1.165, 1.54) is 16.4 Å². The molecule has 7 heteroatoms. The number of aromatic nitrogens is 4. The van der Waals surface area contributed by atoms with Crippen LogP contribution >= 0.6 is 0 Å². The third kappa shape index (κ3) is 9.71. The van der Waals surface area contributed by atoms with Crippen LogP contribution in [0.2, 0.25) is 0 Å². The Labute approximate surface area is 552 Å². The number of rotatable bonds is 11. The van der Waals surface area contributed by atoms with E-state index in [2.05, 4.69) is 325 Å². The maximum Gasteiger partial charge on any atom is 0.252 e. The molecular weight excluding hydrogens is 1150 g/mol. The van der Waals surface area contributed by atoms with Gasteiger partial charge in [0.15, 0.2) is 17.5 Å². The Bertz CT molecular complexity index is 5250. The first kappa shape index (κ1) is 55.4. The Kier molecular flexibility index (Phi) is 13.4. The van der Waals surface area contributed by atoms with Crippen LogP contribution in [0, 0.1) is 6.92 Å². The molecule has 16 aromatic rings. The second-order valence-electron chi connectivity index (χ2n) is 24.8. The van der Waals surface area contributed by atoms with E-state index < -0.39 is 0 Å². The third-order valence-corrected chi connectivity index (χ3v) is 19.1. The minimum absolute atomic E-state index is 0.0855. The average Bonchev–Trinajstić information content (AvgIpc) is 1.01. The van der Waals surface area contributed by atoms with Crippen LogP contribution in [0.15, 0.2) is 340 Å². The number of fused-ring (bicyclic) bond motifs is 7. The number of aryl methyl sites for hydroxylation is 1. The Morgan fingerprint density at radius 3 is 1.06 bits per heavy atom. The predicted molar refractivity (Wildman–Crippen MR) is 396 cm³/mol. The predicted octanol–water partition coefficient (Wildman–Crippen LogP) is 20.7. The van der Waals surface area contributed by atoms with Crippen molar-refractivity contribution in [2.75, 3.05) is 9.80 Å². The van der Waals surface area contributed by atoms with Gasteiger partial charge < -0.3 is 14.4 Å². The molecule has 0 aliphatic carbocycles. The fraction of sp³-hybridized carbons (Fsp3) is 0.0114. The van der Waals surface area contributed by atoms with Crippen molar-refractivity contribution in [1.29, 1.82) is 0 Å². The van der Waals surface area contributed by atoms with E-state index in [-0.39, 0.29) is 6.71 Å². The first-order valence-corrected chi connectivity index (χ1v) is 32.5. The molecule has 0 saturated heterocycles. The van der Waals surface area contributed by atoms with Crippen LogP contribution in [0.3, 0.4) is 0 Å². The SMILES string of the molecule is Cc1ccc(-c2nc(-c3ccccc3)nc(-c3ccccc3)n2)cc1-n1c2ccccc2c2cc(-c3cc4c5c(c3)N(c3cc(-c6ccccc6)cc(-c6ccccc6)c3)c3ccccc3B5c3ccccc3N4c3cc(-c4ccccc4)cc(-c4ccccc4)c3)ccc21. The van der Waals surface area contributed by atoms with Gasteiger partial charge >= 0.3 is 0 Å². The molecule has 0 saturated carbocycles. The van der Waals surface area contributed by atoms with Gasteiger partial charge in [-0.15, -0.1) is 0 Å². The van der Waals surface area contributed by atoms with Crippen molar-refractivity contribution in [3.05, 3.63) is 345 Å². The van der Waals surface area contributed by atoms with E-state index in [1.807, 2.05) is 36.4 Å². The smallest absolute Gasteiger partial charge is 0.252 e. The van der Waals surface area contributed by atoms with E-state index in [4.69, 9.17) is 15.0 Å².